The van der Waals surface area contributed by atoms with E-state index in [1.807, 2.05) is 0 Å². The van der Waals surface area contributed by atoms with Crippen molar-refractivity contribution >= 4 is 23.1 Å². The minimum absolute atomic E-state index is 0.00967. The number of aromatic nitrogens is 2. The third-order valence-corrected chi connectivity index (χ3v) is 3.02. The molecule has 0 atom stereocenters. The molecule has 0 saturated carbocycles. The van der Waals surface area contributed by atoms with Crippen LogP contribution in [0.25, 0.3) is 5.52 Å². The number of fused-ring (bicyclic) bond motifs is 1. The summed E-state index contributed by atoms with van der Waals surface area (Å²) in [4.78, 5) is 11.8. The first-order chi connectivity index (χ1) is 9.81. The van der Waals surface area contributed by atoms with Crippen LogP contribution in [0.1, 0.15) is 23.0 Å². The van der Waals surface area contributed by atoms with Gasteiger partial charge in [-0.2, -0.15) is 22.8 Å². The minimum Gasteiger partial charge on any atom is -0.481 e. The van der Waals surface area contributed by atoms with Gasteiger partial charge >= 0.3 is 12.1 Å². The zero-order chi connectivity index (χ0) is 15.8. The Bertz CT molecular complexity index is 697. The second-order valence-corrected chi connectivity index (χ2v) is 4.31. The zero-order valence-corrected chi connectivity index (χ0v) is 11.7. The number of esters is 1. The first-order valence-corrected chi connectivity index (χ1v) is 6.18. The molecule has 2 aromatic heterocycles. The van der Waals surface area contributed by atoms with Gasteiger partial charge in [-0.1, -0.05) is 11.6 Å². The number of hydrogen-bond acceptors (Lipinski definition) is 4. The van der Waals surface area contributed by atoms with Gasteiger partial charge in [0.1, 0.15) is 5.52 Å². The monoisotopic (exact) mass is 322 g/mol. The van der Waals surface area contributed by atoms with E-state index in [4.69, 9.17) is 21.1 Å². The number of nitrogens with zero attached hydrogens (tertiary/aromatic N) is 2. The van der Waals surface area contributed by atoms with E-state index in [1.165, 1.54) is 19.2 Å². The SMILES string of the molecule is CCOC(=O)c1ccc(OC)n2nc(C(F)(F)F)c(Cl)c12. The summed E-state index contributed by atoms with van der Waals surface area (Å²) in [7, 11) is 1.27. The summed E-state index contributed by atoms with van der Waals surface area (Å²) in [6, 6.07) is 2.59. The van der Waals surface area contributed by atoms with Crippen molar-refractivity contribution < 1.29 is 27.4 Å². The summed E-state index contributed by atoms with van der Waals surface area (Å²) in [5, 5.41) is 2.71. The van der Waals surface area contributed by atoms with Crippen molar-refractivity contribution in [2.45, 2.75) is 13.1 Å². The van der Waals surface area contributed by atoms with Crippen LogP contribution in [0.5, 0.6) is 5.88 Å². The van der Waals surface area contributed by atoms with Gasteiger partial charge in [-0.15, -0.1) is 0 Å². The highest BCUT2D eigenvalue weighted by Crippen LogP contribution is 2.38. The molecule has 2 heterocycles. The molecular formula is C12H10ClF3N2O3. The first-order valence-electron chi connectivity index (χ1n) is 5.80. The highest BCUT2D eigenvalue weighted by molar-refractivity contribution is 6.35. The topological polar surface area (TPSA) is 52.8 Å². The molecule has 114 valence electrons. The van der Waals surface area contributed by atoms with E-state index in [2.05, 4.69) is 5.10 Å². The lowest BCUT2D eigenvalue weighted by atomic mass is 10.2. The second-order valence-electron chi connectivity index (χ2n) is 3.93. The Morgan fingerprint density at radius 2 is 2.10 bits per heavy atom. The fourth-order valence-electron chi connectivity index (χ4n) is 1.80. The van der Waals surface area contributed by atoms with E-state index in [1.54, 1.807) is 6.92 Å². The second kappa shape index (κ2) is 5.44. The van der Waals surface area contributed by atoms with Crippen molar-refractivity contribution in [2.75, 3.05) is 13.7 Å². The molecule has 0 aromatic carbocycles. The number of halogens is 4. The lowest BCUT2D eigenvalue weighted by Crippen LogP contribution is -2.08. The maximum atomic E-state index is 12.9. The Morgan fingerprint density at radius 1 is 1.43 bits per heavy atom. The lowest BCUT2D eigenvalue weighted by molar-refractivity contribution is -0.141. The van der Waals surface area contributed by atoms with Crippen LogP contribution >= 0.6 is 11.6 Å². The first kappa shape index (κ1) is 15.4. The molecule has 2 aromatic rings. The molecule has 0 aliphatic heterocycles. The Kier molecular flexibility index (Phi) is 3.99. The molecule has 5 nitrogen and oxygen atoms in total. The molecular weight excluding hydrogens is 313 g/mol. The largest absolute Gasteiger partial charge is 0.481 e. The molecule has 21 heavy (non-hydrogen) atoms. The van der Waals surface area contributed by atoms with Crippen LogP contribution in [0, 0.1) is 0 Å². The van der Waals surface area contributed by atoms with E-state index in [0.717, 1.165) is 4.52 Å². The minimum atomic E-state index is -4.75. The van der Waals surface area contributed by atoms with E-state index in [-0.39, 0.29) is 23.6 Å². The van der Waals surface area contributed by atoms with Crippen molar-refractivity contribution in [3.8, 4) is 5.88 Å². The summed E-state index contributed by atoms with van der Waals surface area (Å²) >= 11 is 5.75. The molecule has 0 aliphatic carbocycles. The molecule has 0 fully saturated rings. The quantitative estimate of drug-likeness (QED) is 0.814. The van der Waals surface area contributed by atoms with Crippen molar-refractivity contribution in [2.24, 2.45) is 0 Å². The number of carbonyl (C=O) groups excluding carboxylic acids is 1. The Morgan fingerprint density at radius 3 is 2.62 bits per heavy atom. The molecule has 0 spiro atoms. The highest BCUT2D eigenvalue weighted by Gasteiger charge is 2.39. The lowest BCUT2D eigenvalue weighted by Gasteiger charge is -2.07. The van der Waals surface area contributed by atoms with E-state index in [0.29, 0.717) is 0 Å². The predicted octanol–water partition coefficient (Wildman–Crippen LogP) is 3.19. The number of methoxy groups -OCH3 is 1. The Balaban J connectivity index is 2.79. The van der Waals surface area contributed by atoms with E-state index in [9.17, 15) is 18.0 Å². The molecule has 2 rings (SSSR count). The highest BCUT2D eigenvalue weighted by atomic mass is 35.5. The van der Waals surface area contributed by atoms with Gasteiger partial charge in [-0.25, -0.2) is 4.79 Å². The molecule has 0 N–H and O–H groups in total. The Hall–Kier alpha value is -1.96. The van der Waals surface area contributed by atoms with Crippen LogP contribution in [0.3, 0.4) is 0 Å². The number of rotatable bonds is 3. The van der Waals surface area contributed by atoms with E-state index >= 15 is 0 Å². The van der Waals surface area contributed by atoms with Crippen molar-refractivity contribution in [3.63, 3.8) is 0 Å². The average molecular weight is 323 g/mol. The van der Waals surface area contributed by atoms with Gasteiger partial charge in [0.2, 0.25) is 5.88 Å². The predicted molar refractivity (Wildman–Crippen MR) is 67.7 cm³/mol. The summed E-state index contributed by atoms with van der Waals surface area (Å²) in [5.74, 6) is -0.781. The number of ether oxygens (including phenoxy) is 2. The fourth-order valence-corrected chi connectivity index (χ4v) is 2.13. The third kappa shape index (κ3) is 2.63. The summed E-state index contributed by atoms with van der Waals surface area (Å²) in [6.07, 6.45) is -4.75. The molecule has 0 aliphatic rings. The molecule has 0 saturated heterocycles. The van der Waals surface area contributed by atoms with Crippen LogP contribution in [-0.4, -0.2) is 29.3 Å². The maximum Gasteiger partial charge on any atom is 0.436 e. The van der Waals surface area contributed by atoms with Gasteiger partial charge in [-0.3, -0.25) is 0 Å². The summed E-state index contributed by atoms with van der Waals surface area (Å²) in [6.45, 7) is 1.66. The van der Waals surface area contributed by atoms with Gasteiger partial charge in [0.15, 0.2) is 5.69 Å². The van der Waals surface area contributed by atoms with Crippen LogP contribution in [-0.2, 0) is 10.9 Å². The van der Waals surface area contributed by atoms with E-state index < -0.39 is 22.9 Å². The number of hydrogen-bond donors (Lipinski definition) is 0. The van der Waals surface area contributed by atoms with Crippen molar-refractivity contribution in [3.05, 3.63) is 28.4 Å². The summed E-state index contributed by atoms with van der Waals surface area (Å²) in [5.41, 5.74) is -1.62. The summed E-state index contributed by atoms with van der Waals surface area (Å²) < 4.78 is 49.2. The number of alkyl halides is 3. The van der Waals surface area contributed by atoms with Gasteiger partial charge < -0.3 is 9.47 Å². The number of pyridine rings is 1. The van der Waals surface area contributed by atoms with Gasteiger partial charge in [0.25, 0.3) is 0 Å². The molecule has 0 radical (unpaired) electrons. The van der Waals surface area contributed by atoms with Gasteiger partial charge in [-0.05, 0) is 13.0 Å². The van der Waals surface area contributed by atoms with Crippen LogP contribution < -0.4 is 4.74 Å². The van der Waals surface area contributed by atoms with Gasteiger partial charge in [0.05, 0.1) is 24.3 Å². The molecule has 0 amide bonds. The Labute approximate surface area is 122 Å². The zero-order valence-electron chi connectivity index (χ0n) is 11.0. The third-order valence-electron chi connectivity index (χ3n) is 2.66. The number of carbonyl (C=O) groups is 1. The molecule has 0 unspecified atom stereocenters. The maximum absolute atomic E-state index is 12.9. The standard InChI is InChI=1S/C12H10ClF3N2O3/c1-3-21-11(19)6-4-5-7(20-2)18-9(6)8(13)10(17-18)12(14,15)16/h4-5H,3H2,1-2H3. The van der Waals surface area contributed by atoms with Crippen LogP contribution in [0.2, 0.25) is 5.02 Å². The van der Waals surface area contributed by atoms with Gasteiger partial charge in [0, 0.05) is 6.07 Å². The molecule has 0 bridgehead atoms. The van der Waals surface area contributed by atoms with Crippen molar-refractivity contribution in [1.82, 2.24) is 9.61 Å². The smallest absolute Gasteiger partial charge is 0.436 e. The molecule has 9 heteroatoms. The van der Waals surface area contributed by atoms with Crippen LogP contribution in [0.15, 0.2) is 12.1 Å². The fraction of sp³-hybridized carbons (Fsp3) is 0.333. The van der Waals surface area contributed by atoms with Crippen LogP contribution in [0.4, 0.5) is 13.2 Å². The average Bonchev–Trinajstić information content (AvgIpc) is 2.76. The normalized spacial score (nSPS) is 11.7. The van der Waals surface area contributed by atoms with Crippen molar-refractivity contribution in [1.29, 1.82) is 0 Å².